The maximum Gasteiger partial charge on any atom is 0.151 e. The smallest absolute Gasteiger partial charge is 0.151 e. The van der Waals surface area contributed by atoms with Crippen molar-refractivity contribution in [1.82, 2.24) is 4.90 Å². The van der Waals surface area contributed by atoms with E-state index >= 15 is 0 Å². The number of fused-ring (bicyclic) bond motifs is 1. The molecule has 4 nitrogen and oxygen atoms in total. The van der Waals surface area contributed by atoms with Crippen molar-refractivity contribution in [3.05, 3.63) is 29.3 Å². The summed E-state index contributed by atoms with van der Waals surface area (Å²) in [5, 5.41) is 0. The molecule has 0 radical (unpaired) electrons. The van der Waals surface area contributed by atoms with E-state index in [1.54, 1.807) is 0 Å². The quantitative estimate of drug-likeness (QED) is 0.830. The van der Waals surface area contributed by atoms with Crippen LogP contribution in [0.1, 0.15) is 24.5 Å². The maximum atomic E-state index is 11.7. The molecular formula is C14H22N2O2S. The number of hydrogen-bond acceptors (Lipinski definition) is 4. The highest BCUT2D eigenvalue weighted by Crippen LogP contribution is 2.24. The molecule has 1 aromatic rings. The normalized spacial score (nSPS) is 16.3. The molecule has 0 aliphatic carbocycles. The summed E-state index contributed by atoms with van der Waals surface area (Å²) in [6, 6.07) is 6.00. The van der Waals surface area contributed by atoms with Crippen LogP contribution < -0.4 is 5.73 Å². The summed E-state index contributed by atoms with van der Waals surface area (Å²) < 4.78 is 23.5. The summed E-state index contributed by atoms with van der Waals surface area (Å²) in [7, 11) is -2.89. The van der Waals surface area contributed by atoms with Gasteiger partial charge >= 0.3 is 0 Å². The minimum absolute atomic E-state index is 0.253. The molecule has 0 bridgehead atoms. The Hall–Kier alpha value is -1.07. The minimum atomic E-state index is -2.89. The highest BCUT2D eigenvalue weighted by Gasteiger charge is 2.19. The number of nitrogens with two attached hydrogens (primary N) is 1. The molecule has 106 valence electrons. The van der Waals surface area contributed by atoms with Crippen LogP contribution in [0.25, 0.3) is 0 Å². The Morgan fingerprint density at radius 1 is 1.32 bits per heavy atom. The van der Waals surface area contributed by atoms with E-state index in [2.05, 4.69) is 11.0 Å². The fourth-order valence-corrected chi connectivity index (χ4v) is 3.90. The standard InChI is InChI=1S/C14H22N2O2S/c1-2-9-19(17,18)10-8-16-7-6-12-4-3-5-14(15)13(12)11-16/h3-5H,2,6-11,15H2,1H3. The fourth-order valence-electron chi connectivity index (χ4n) is 2.53. The molecule has 19 heavy (non-hydrogen) atoms. The third kappa shape index (κ3) is 3.70. The Kier molecular flexibility index (Phi) is 4.47. The van der Waals surface area contributed by atoms with Crippen molar-refractivity contribution in [3.63, 3.8) is 0 Å². The van der Waals surface area contributed by atoms with Crippen LogP contribution in [0.15, 0.2) is 18.2 Å². The van der Waals surface area contributed by atoms with Crippen LogP contribution in [0, 0.1) is 0 Å². The zero-order valence-corrected chi connectivity index (χ0v) is 12.2. The molecule has 0 aromatic heterocycles. The lowest BCUT2D eigenvalue weighted by atomic mass is 9.98. The highest BCUT2D eigenvalue weighted by atomic mass is 32.2. The van der Waals surface area contributed by atoms with Crippen molar-refractivity contribution in [2.24, 2.45) is 0 Å². The third-order valence-electron chi connectivity index (χ3n) is 3.62. The van der Waals surface area contributed by atoms with Gasteiger partial charge < -0.3 is 5.73 Å². The van der Waals surface area contributed by atoms with Crippen LogP contribution in [-0.4, -0.2) is 37.9 Å². The Bertz CT molecular complexity index is 540. The van der Waals surface area contributed by atoms with E-state index in [1.165, 1.54) is 11.1 Å². The summed E-state index contributed by atoms with van der Waals surface area (Å²) in [6.45, 7) is 4.19. The van der Waals surface area contributed by atoms with E-state index in [0.29, 0.717) is 18.7 Å². The molecular weight excluding hydrogens is 260 g/mol. The predicted molar refractivity (Wildman–Crippen MR) is 78.8 cm³/mol. The van der Waals surface area contributed by atoms with E-state index in [4.69, 9.17) is 5.73 Å². The lowest BCUT2D eigenvalue weighted by molar-refractivity contribution is 0.269. The summed E-state index contributed by atoms with van der Waals surface area (Å²) in [5.74, 6) is 0.544. The molecule has 1 aliphatic heterocycles. The Balaban J connectivity index is 1.97. The van der Waals surface area contributed by atoms with Crippen molar-refractivity contribution < 1.29 is 8.42 Å². The van der Waals surface area contributed by atoms with Crippen LogP contribution in [0.4, 0.5) is 5.69 Å². The maximum absolute atomic E-state index is 11.7. The van der Waals surface area contributed by atoms with Crippen LogP contribution in [-0.2, 0) is 22.8 Å². The molecule has 0 spiro atoms. The molecule has 1 heterocycles. The number of rotatable bonds is 5. The third-order valence-corrected chi connectivity index (χ3v) is 5.46. The second kappa shape index (κ2) is 5.92. The zero-order chi connectivity index (χ0) is 13.9. The molecule has 0 saturated heterocycles. The van der Waals surface area contributed by atoms with Crippen molar-refractivity contribution >= 4 is 15.5 Å². The number of anilines is 1. The van der Waals surface area contributed by atoms with Gasteiger partial charge in [-0.15, -0.1) is 0 Å². The summed E-state index contributed by atoms with van der Waals surface area (Å²) >= 11 is 0. The van der Waals surface area contributed by atoms with Crippen molar-refractivity contribution in [2.75, 3.05) is 30.3 Å². The first-order valence-corrected chi connectivity index (χ1v) is 8.63. The molecule has 2 N–H and O–H groups in total. The van der Waals surface area contributed by atoms with Gasteiger partial charge in [0.25, 0.3) is 0 Å². The molecule has 5 heteroatoms. The molecule has 1 aromatic carbocycles. The van der Waals surface area contributed by atoms with E-state index < -0.39 is 9.84 Å². The highest BCUT2D eigenvalue weighted by molar-refractivity contribution is 7.91. The van der Waals surface area contributed by atoms with Gasteiger partial charge in [0, 0.05) is 31.1 Å². The Morgan fingerprint density at radius 3 is 2.84 bits per heavy atom. The first-order chi connectivity index (χ1) is 9.02. The van der Waals surface area contributed by atoms with Gasteiger partial charge in [-0.2, -0.15) is 0 Å². The molecule has 0 atom stereocenters. The van der Waals surface area contributed by atoms with Gasteiger partial charge in [-0.25, -0.2) is 8.42 Å². The Labute approximate surface area is 115 Å². The molecule has 0 unspecified atom stereocenters. The first kappa shape index (κ1) is 14.3. The van der Waals surface area contributed by atoms with E-state index in [1.807, 2.05) is 19.1 Å². The number of nitrogen functional groups attached to an aromatic ring is 1. The lowest BCUT2D eigenvalue weighted by Gasteiger charge is -2.29. The predicted octanol–water partition coefficient (Wildman–Crippen LogP) is 1.45. The van der Waals surface area contributed by atoms with Gasteiger partial charge in [0.2, 0.25) is 0 Å². The first-order valence-electron chi connectivity index (χ1n) is 6.81. The average Bonchev–Trinajstić information content (AvgIpc) is 2.37. The minimum Gasteiger partial charge on any atom is -0.398 e. The van der Waals surface area contributed by atoms with Crippen molar-refractivity contribution in [2.45, 2.75) is 26.3 Å². The van der Waals surface area contributed by atoms with Gasteiger partial charge in [-0.1, -0.05) is 19.1 Å². The number of sulfone groups is 1. The van der Waals surface area contributed by atoms with Crippen LogP contribution in [0.3, 0.4) is 0 Å². The molecule has 0 amide bonds. The second-order valence-corrected chi connectivity index (χ2v) is 7.47. The monoisotopic (exact) mass is 282 g/mol. The molecule has 2 rings (SSSR count). The van der Waals surface area contributed by atoms with Gasteiger partial charge in [0.1, 0.15) is 0 Å². The van der Waals surface area contributed by atoms with Crippen molar-refractivity contribution in [1.29, 1.82) is 0 Å². The molecule has 0 saturated carbocycles. The van der Waals surface area contributed by atoms with E-state index in [0.717, 1.165) is 25.2 Å². The van der Waals surface area contributed by atoms with Gasteiger partial charge in [0.15, 0.2) is 9.84 Å². The van der Waals surface area contributed by atoms with Crippen molar-refractivity contribution in [3.8, 4) is 0 Å². The summed E-state index contributed by atoms with van der Waals surface area (Å²) in [6.07, 6.45) is 1.65. The largest absolute Gasteiger partial charge is 0.398 e. The van der Waals surface area contributed by atoms with Gasteiger partial charge in [-0.05, 0) is 30.0 Å². The van der Waals surface area contributed by atoms with Gasteiger partial charge in [0.05, 0.1) is 5.75 Å². The van der Waals surface area contributed by atoms with Gasteiger partial charge in [-0.3, -0.25) is 4.90 Å². The number of nitrogens with zero attached hydrogens (tertiary/aromatic N) is 1. The number of hydrogen-bond donors (Lipinski definition) is 1. The van der Waals surface area contributed by atoms with Crippen LogP contribution in [0.5, 0.6) is 0 Å². The second-order valence-electron chi connectivity index (χ2n) is 5.16. The zero-order valence-electron chi connectivity index (χ0n) is 11.4. The summed E-state index contributed by atoms with van der Waals surface area (Å²) in [4.78, 5) is 2.19. The fraction of sp³-hybridized carbons (Fsp3) is 0.571. The average molecular weight is 282 g/mol. The number of benzene rings is 1. The van der Waals surface area contributed by atoms with E-state index in [9.17, 15) is 8.42 Å². The van der Waals surface area contributed by atoms with E-state index in [-0.39, 0.29) is 5.75 Å². The SMILES string of the molecule is CCCS(=O)(=O)CCN1CCc2cccc(N)c2C1. The molecule has 1 aliphatic rings. The summed E-state index contributed by atoms with van der Waals surface area (Å²) in [5.41, 5.74) is 9.27. The van der Waals surface area contributed by atoms with Crippen LogP contribution >= 0.6 is 0 Å². The molecule has 0 fully saturated rings. The van der Waals surface area contributed by atoms with Crippen LogP contribution in [0.2, 0.25) is 0 Å². The lowest BCUT2D eigenvalue weighted by Crippen LogP contribution is -2.35. The Morgan fingerprint density at radius 2 is 2.11 bits per heavy atom. The topological polar surface area (TPSA) is 63.4 Å².